The molecule has 3 N–H and O–H groups in total. The van der Waals surface area contributed by atoms with Crippen molar-refractivity contribution in [3.63, 3.8) is 0 Å². The van der Waals surface area contributed by atoms with Crippen molar-refractivity contribution in [3.05, 3.63) is 57.7 Å². The Bertz CT molecular complexity index is 1070. The van der Waals surface area contributed by atoms with Gasteiger partial charge in [0.2, 0.25) is 0 Å². The summed E-state index contributed by atoms with van der Waals surface area (Å²) in [5.74, 6) is 0.0357. The second-order valence-electron chi connectivity index (χ2n) is 6.39. The number of nitrogens with one attached hydrogen (secondary N) is 1. The summed E-state index contributed by atoms with van der Waals surface area (Å²) >= 11 is 4.34. The zero-order valence-corrected chi connectivity index (χ0v) is 18.7. The number of β-lactam (4-membered cyclic amide) rings is 1. The van der Waals surface area contributed by atoms with Crippen molar-refractivity contribution in [1.82, 2.24) is 20.2 Å². The van der Waals surface area contributed by atoms with Crippen molar-refractivity contribution in [2.24, 2.45) is 5.16 Å². The first-order valence-electron chi connectivity index (χ1n) is 9.08. The lowest BCUT2D eigenvalue weighted by molar-refractivity contribution is -0.143. The quantitative estimate of drug-likeness (QED) is 0.355. The van der Waals surface area contributed by atoms with E-state index in [2.05, 4.69) is 20.4 Å². The van der Waals surface area contributed by atoms with E-state index in [9.17, 15) is 9.59 Å². The highest BCUT2D eigenvalue weighted by molar-refractivity contribution is 8.08. The van der Waals surface area contributed by atoms with Crippen LogP contribution >= 0.6 is 34.9 Å². The van der Waals surface area contributed by atoms with E-state index in [1.807, 2.05) is 29.8 Å². The average Bonchev–Trinajstić information content (AvgIpc) is 3.22. The number of thiazole rings is 1. The number of nitrogen functional groups attached to an aromatic ring is 1. The highest BCUT2D eigenvalue weighted by Crippen LogP contribution is 2.39. The molecule has 0 aliphatic carbocycles. The molecule has 12 heteroatoms. The van der Waals surface area contributed by atoms with E-state index >= 15 is 0 Å². The van der Waals surface area contributed by atoms with Gasteiger partial charge in [-0.2, -0.15) is 0 Å². The monoisotopic (exact) mass is 474 g/mol. The van der Waals surface area contributed by atoms with Crippen molar-refractivity contribution < 1.29 is 14.4 Å². The molecule has 4 rings (SSSR count). The number of carbonyl (C=O) groups is 2. The number of hydrogen-bond acceptors (Lipinski definition) is 10. The molecule has 2 aromatic heterocycles. The molecule has 0 saturated carbocycles. The fourth-order valence-electron chi connectivity index (χ4n) is 2.93. The molecule has 1 unspecified atom stereocenters. The Labute approximate surface area is 190 Å². The summed E-state index contributed by atoms with van der Waals surface area (Å²) in [6, 6.07) is 3.21. The number of hydrogen-bond donors (Lipinski definition) is 2. The number of thioether (sulfide) groups is 2. The van der Waals surface area contributed by atoms with Crippen LogP contribution in [0.2, 0.25) is 0 Å². The first-order valence-corrected chi connectivity index (χ1v) is 11.9. The molecule has 2 aromatic rings. The van der Waals surface area contributed by atoms with Crippen molar-refractivity contribution >= 4 is 63.6 Å². The Hall–Kier alpha value is -2.83. The van der Waals surface area contributed by atoms with E-state index in [0.717, 1.165) is 16.2 Å². The summed E-state index contributed by atoms with van der Waals surface area (Å²) in [6.07, 6.45) is 7.32. The number of fused-ring (bicyclic) bond motifs is 1. The summed E-state index contributed by atoms with van der Waals surface area (Å²) in [5.41, 5.74) is 6.94. The molecule has 0 radical (unpaired) electrons. The van der Waals surface area contributed by atoms with Crippen LogP contribution in [0, 0.1) is 0 Å². The van der Waals surface area contributed by atoms with Crippen LogP contribution < -0.4 is 11.1 Å². The molecule has 0 spiro atoms. The second kappa shape index (κ2) is 9.54. The van der Waals surface area contributed by atoms with Crippen LogP contribution in [0.5, 0.6) is 0 Å². The first kappa shape index (κ1) is 21.4. The predicted molar refractivity (Wildman–Crippen MR) is 124 cm³/mol. The topological polar surface area (TPSA) is 123 Å². The van der Waals surface area contributed by atoms with Gasteiger partial charge in [0.1, 0.15) is 24.2 Å². The number of rotatable bonds is 7. The van der Waals surface area contributed by atoms with Gasteiger partial charge in [-0.05, 0) is 23.1 Å². The fraction of sp³-hybridized carbons (Fsp3) is 0.211. The number of nitrogens with zero attached hydrogens (tertiary/aromatic N) is 4. The molecule has 0 bridgehead atoms. The van der Waals surface area contributed by atoms with Crippen LogP contribution in [0.15, 0.2) is 51.6 Å². The Balaban J connectivity index is 1.37. The normalized spacial score (nSPS) is 20.8. The van der Waals surface area contributed by atoms with E-state index < -0.39 is 11.9 Å². The van der Waals surface area contributed by atoms with Crippen LogP contribution in [0.4, 0.5) is 5.13 Å². The van der Waals surface area contributed by atoms with Gasteiger partial charge in [-0.25, -0.2) is 4.98 Å². The third kappa shape index (κ3) is 4.75. The maximum Gasteiger partial charge on any atom is 0.276 e. The van der Waals surface area contributed by atoms with Gasteiger partial charge < -0.3 is 20.8 Å². The summed E-state index contributed by atoms with van der Waals surface area (Å²) in [7, 11) is 1.34. The lowest BCUT2D eigenvalue weighted by Gasteiger charge is -2.47. The molecular formula is C19H18N6O3S3. The summed E-state index contributed by atoms with van der Waals surface area (Å²) in [4.78, 5) is 40.9. The number of nitrogens with two attached hydrogens (primary N) is 1. The van der Waals surface area contributed by atoms with Gasteiger partial charge in [0, 0.05) is 34.6 Å². The van der Waals surface area contributed by atoms with E-state index in [4.69, 9.17) is 10.6 Å². The van der Waals surface area contributed by atoms with E-state index in [1.54, 1.807) is 46.2 Å². The minimum Gasteiger partial charge on any atom is -0.398 e. The first-order chi connectivity index (χ1) is 15.1. The summed E-state index contributed by atoms with van der Waals surface area (Å²) < 4.78 is 0. The zero-order chi connectivity index (χ0) is 21.8. The number of carbonyl (C=O) groups excluding carboxylic acids is 2. The van der Waals surface area contributed by atoms with Crippen LogP contribution in [0.25, 0.3) is 6.08 Å². The molecule has 1 saturated heterocycles. The van der Waals surface area contributed by atoms with Crippen molar-refractivity contribution in [3.8, 4) is 0 Å². The Morgan fingerprint density at radius 3 is 3.10 bits per heavy atom. The van der Waals surface area contributed by atoms with E-state index in [1.165, 1.54) is 18.4 Å². The maximum absolute atomic E-state index is 12.7. The molecule has 2 aliphatic rings. The van der Waals surface area contributed by atoms with Crippen LogP contribution in [0.1, 0.15) is 11.3 Å². The Morgan fingerprint density at radius 2 is 2.39 bits per heavy atom. The van der Waals surface area contributed by atoms with Gasteiger partial charge in [-0.15, -0.1) is 34.9 Å². The molecule has 2 atom stereocenters. The highest BCUT2D eigenvalue weighted by Gasteiger charge is 2.49. The van der Waals surface area contributed by atoms with Crippen LogP contribution in [0.3, 0.4) is 0 Å². The van der Waals surface area contributed by atoms with Gasteiger partial charge in [0.15, 0.2) is 10.8 Å². The number of aromatic nitrogens is 2. The van der Waals surface area contributed by atoms with Crippen LogP contribution in [-0.4, -0.2) is 56.7 Å². The van der Waals surface area contributed by atoms with Gasteiger partial charge >= 0.3 is 0 Å². The molecule has 31 heavy (non-hydrogen) atoms. The van der Waals surface area contributed by atoms with Gasteiger partial charge in [0.25, 0.3) is 11.8 Å². The Kier molecular flexibility index (Phi) is 6.59. The number of oxime groups is 1. The SMILES string of the molecule is CON=C(C(=O)NC1C(=O)N2C=C(SC=Cc3cccnc3)CS[C@H]12)c1csc(N)n1. The standard InChI is InChI=1S/C19H18N6O3S3/c1-28-24-14(13-10-31-19(20)22-13)16(26)23-15-17(27)25-8-12(9-30-18(15)25)29-6-4-11-3-2-5-21-7-11/h2-8,10,15,18H,9H2,1H3,(H2,20,22)(H,23,26)/t15?,18-/m1/s1. The van der Waals surface area contributed by atoms with E-state index in [0.29, 0.717) is 10.8 Å². The third-order valence-corrected chi connectivity index (χ3v) is 7.37. The summed E-state index contributed by atoms with van der Waals surface area (Å²) in [6.45, 7) is 0. The van der Waals surface area contributed by atoms with Crippen molar-refractivity contribution in [1.29, 1.82) is 0 Å². The number of anilines is 1. The molecule has 1 fully saturated rings. The lowest BCUT2D eigenvalue weighted by Crippen LogP contribution is -2.69. The minimum absolute atomic E-state index is 0.0187. The largest absolute Gasteiger partial charge is 0.398 e. The molecule has 2 amide bonds. The number of amides is 2. The zero-order valence-electron chi connectivity index (χ0n) is 16.3. The maximum atomic E-state index is 12.7. The van der Waals surface area contributed by atoms with Crippen LogP contribution in [-0.2, 0) is 14.4 Å². The lowest BCUT2D eigenvalue weighted by atomic mass is 10.1. The average molecular weight is 475 g/mol. The minimum atomic E-state index is -0.635. The molecule has 0 aromatic carbocycles. The Morgan fingerprint density at radius 1 is 1.52 bits per heavy atom. The molecule has 160 valence electrons. The van der Waals surface area contributed by atoms with Gasteiger partial charge in [-0.1, -0.05) is 11.2 Å². The predicted octanol–water partition coefficient (Wildman–Crippen LogP) is 2.12. The number of pyridine rings is 1. The van der Waals surface area contributed by atoms with E-state index in [-0.39, 0.29) is 17.0 Å². The molecule has 4 heterocycles. The molecular weight excluding hydrogens is 456 g/mol. The third-order valence-electron chi connectivity index (χ3n) is 4.37. The smallest absolute Gasteiger partial charge is 0.276 e. The van der Waals surface area contributed by atoms with Gasteiger partial charge in [-0.3, -0.25) is 14.6 Å². The molecule has 9 nitrogen and oxygen atoms in total. The fourth-order valence-corrected chi connectivity index (χ4v) is 5.64. The second-order valence-corrected chi connectivity index (χ2v) is 9.42. The summed E-state index contributed by atoms with van der Waals surface area (Å²) in [5, 5.41) is 10.2. The van der Waals surface area contributed by atoms with Crippen molar-refractivity contribution in [2.75, 3.05) is 18.6 Å². The molecule has 2 aliphatic heterocycles. The highest BCUT2D eigenvalue weighted by atomic mass is 32.2. The van der Waals surface area contributed by atoms with Gasteiger partial charge in [0.05, 0.1) is 0 Å². The van der Waals surface area contributed by atoms with Crippen molar-refractivity contribution in [2.45, 2.75) is 11.4 Å².